The largest absolute Gasteiger partial charge is 0.370 e. The summed E-state index contributed by atoms with van der Waals surface area (Å²) in [5, 5.41) is 3.65. The highest BCUT2D eigenvalue weighted by Crippen LogP contribution is 2.41. The number of nitrogens with zero attached hydrogens (tertiary/aromatic N) is 1. The van der Waals surface area contributed by atoms with Crippen LogP contribution in [0.1, 0.15) is 58.3 Å². The third kappa shape index (κ3) is 4.73. The molecule has 0 aromatic rings. The van der Waals surface area contributed by atoms with Gasteiger partial charge in [0.2, 0.25) is 0 Å². The van der Waals surface area contributed by atoms with Crippen molar-refractivity contribution in [3.05, 3.63) is 0 Å². The lowest BCUT2D eigenvalue weighted by Crippen LogP contribution is -2.38. The molecule has 2 unspecified atom stereocenters. The average Bonchev–Trinajstić information content (AvgIpc) is 2.78. The van der Waals surface area contributed by atoms with Gasteiger partial charge >= 0.3 is 0 Å². The molecule has 3 nitrogen and oxygen atoms in total. The van der Waals surface area contributed by atoms with E-state index in [4.69, 9.17) is 4.74 Å². The Hall–Kier alpha value is -0.120. The average molecular weight is 268 g/mol. The first kappa shape index (κ1) is 15.3. The summed E-state index contributed by atoms with van der Waals surface area (Å²) in [6.07, 6.45) is 11.0. The molecular weight excluding hydrogens is 236 g/mol. The summed E-state index contributed by atoms with van der Waals surface area (Å²) < 4.78 is 6.39. The third-order valence-electron chi connectivity index (χ3n) is 4.81. The lowest BCUT2D eigenvalue weighted by atomic mass is 9.83. The van der Waals surface area contributed by atoms with Crippen LogP contribution in [0, 0.1) is 0 Å². The van der Waals surface area contributed by atoms with Crippen LogP contribution in [-0.2, 0) is 4.74 Å². The van der Waals surface area contributed by atoms with Crippen molar-refractivity contribution in [2.24, 2.45) is 0 Å². The Morgan fingerprint density at radius 3 is 2.63 bits per heavy atom. The first-order valence-electron chi connectivity index (χ1n) is 8.16. The fraction of sp³-hybridized carbons (Fsp3) is 1.00. The fourth-order valence-corrected chi connectivity index (χ4v) is 3.49. The van der Waals surface area contributed by atoms with E-state index in [1.165, 1.54) is 51.4 Å². The molecule has 1 saturated heterocycles. The van der Waals surface area contributed by atoms with Crippen LogP contribution in [0.5, 0.6) is 0 Å². The molecule has 2 aliphatic rings. The molecule has 0 aromatic carbocycles. The molecule has 19 heavy (non-hydrogen) atoms. The molecule has 0 radical (unpaired) electrons. The van der Waals surface area contributed by atoms with Gasteiger partial charge in [-0.2, -0.15) is 0 Å². The maximum atomic E-state index is 6.39. The van der Waals surface area contributed by atoms with Gasteiger partial charge in [0.15, 0.2) is 0 Å². The van der Waals surface area contributed by atoms with Gasteiger partial charge in [0.25, 0.3) is 0 Å². The minimum absolute atomic E-state index is 0.275. The Bertz CT molecular complexity index is 261. The first-order valence-corrected chi connectivity index (χ1v) is 8.16. The van der Waals surface area contributed by atoms with Crippen molar-refractivity contribution in [2.45, 2.75) is 76.0 Å². The van der Waals surface area contributed by atoms with E-state index in [-0.39, 0.29) is 5.60 Å². The summed E-state index contributed by atoms with van der Waals surface area (Å²) in [7, 11) is 4.28. The minimum Gasteiger partial charge on any atom is -0.370 e. The highest BCUT2D eigenvalue weighted by molar-refractivity contribution is 4.91. The maximum Gasteiger partial charge on any atom is 0.0708 e. The van der Waals surface area contributed by atoms with E-state index in [0.717, 1.165) is 13.1 Å². The van der Waals surface area contributed by atoms with Crippen LogP contribution in [-0.4, -0.2) is 49.8 Å². The number of ether oxygens (including phenoxy) is 1. The molecule has 0 bridgehead atoms. The SMILES string of the molecule is CC(CCN(C)C)NCC1CCC2(CCCCC2)O1. The smallest absolute Gasteiger partial charge is 0.0708 e. The van der Waals surface area contributed by atoms with E-state index in [2.05, 4.69) is 31.2 Å². The van der Waals surface area contributed by atoms with Crippen molar-refractivity contribution in [2.75, 3.05) is 27.2 Å². The van der Waals surface area contributed by atoms with Gasteiger partial charge in [-0.3, -0.25) is 0 Å². The van der Waals surface area contributed by atoms with Gasteiger partial charge in [0, 0.05) is 12.6 Å². The Morgan fingerprint density at radius 2 is 1.95 bits per heavy atom. The van der Waals surface area contributed by atoms with Crippen LogP contribution in [0.15, 0.2) is 0 Å². The van der Waals surface area contributed by atoms with Gasteiger partial charge in [0.1, 0.15) is 0 Å². The van der Waals surface area contributed by atoms with Crippen LogP contribution in [0.4, 0.5) is 0 Å². The highest BCUT2D eigenvalue weighted by Gasteiger charge is 2.40. The number of hydrogen-bond donors (Lipinski definition) is 1. The van der Waals surface area contributed by atoms with Gasteiger partial charge in [-0.05, 0) is 59.7 Å². The molecule has 1 aliphatic carbocycles. The summed E-state index contributed by atoms with van der Waals surface area (Å²) >= 11 is 0. The second kappa shape index (κ2) is 7.05. The second-order valence-electron chi connectivity index (χ2n) is 6.92. The molecule has 1 N–H and O–H groups in total. The maximum absolute atomic E-state index is 6.39. The second-order valence-corrected chi connectivity index (χ2v) is 6.92. The molecule has 1 spiro atoms. The zero-order chi connectivity index (χ0) is 13.7. The highest BCUT2D eigenvalue weighted by atomic mass is 16.5. The molecule has 112 valence electrons. The van der Waals surface area contributed by atoms with Crippen molar-refractivity contribution in [3.63, 3.8) is 0 Å². The standard InChI is InChI=1S/C16H32N2O/c1-14(8-12-18(2)3)17-13-15-7-11-16(19-15)9-5-4-6-10-16/h14-15,17H,4-13H2,1-3H3. The van der Waals surface area contributed by atoms with E-state index in [1.54, 1.807) is 0 Å². The third-order valence-corrected chi connectivity index (χ3v) is 4.81. The summed E-state index contributed by atoms with van der Waals surface area (Å²) in [5.41, 5.74) is 0.275. The van der Waals surface area contributed by atoms with E-state index < -0.39 is 0 Å². The molecule has 2 rings (SSSR count). The lowest BCUT2D eigenvalue weighted by molar-refractivity contribution is -0.0629. The van der Waals surface area contributed by atoms with Gasteiger partial charge in [-0.25, -0.2) is 0 Å². The zero-order valence-electron chi connectivity index (χ0n) is 13.1. The van der Waals surface area contributed by atoms with Gasteiger partial charge in [-0.1, -0.05) is 19.3 Å². The van der Waals surface area contributed by atoms with E-state index in [9.17, 15) is 0 Å². The first-order chi connectivity index (χ1) is 9.10. The normalized spacial score (nSPS) is 28.1. The van der Waals surface area contributed by atoms with Crippen LogP contribution >= 0.6 is 0 Å². The molecular formula is C16H32N2O. The predicted molar refractivity (Wildman–Crippen MR) is 80.6 cm³/mol. The number of hydrogen-bond acceptors (Lipinski definition) is 3. The molecule has 0 amide bonds. The van der Waals surface area contributed by atoms with Crippen LogP contribution in [0.25, 0.3) is 0 Å². The Balaban J connectivity index is 1.64. The van der Waals surface area contributed by atoms with Gasteiger partial charge in [-0.15, -0.1) is 0 Å². The monoisotopic (exact) mass is 268 g/mol. The quantitative estimate of drug-likeness (QED) is 0.801. The lowest BCUT2D eigenvalue weighted by Gasteiger charge is -2.33. The van der Waals surface area contributed by atoms with Crippen molar-refractivity contribution >= 4 is 0 Å². The van der Waals surface area contributed by atoms with E-state index in [1.807, 2.05) is 0 Å². The number of nitrogens with one attached hydrogen (secondary N) is 1. The van der Waals surface area contributed by atoms with Crippen molar-refractivity contribution in [1.82, 2.24) is 10.2 Å². The summed E-state index contributed by atoms with van der Waals surface area (Å²) in [6.45, 7) is 4.48. The molecule has 1 heterocycles. The Labute approximate surface area is 119 Å². The Morgan fingerprint density at radius 1 is 1.21 bits per heavy atom. The van der Waals surface area contributed by atoms with Crippen molar-refractivity contribution < 1.29 is 4.74 Å². The van der Waals surface area contributed by atoms with Crippen LogP contribution in [0.2, 0.25) is 0 Å². The van der Waals surface area contributed by atoms with Crippen LogP contribution in [0.3, 0.4) is 0 Å². The zero-order valence-corrected chi connectivity index (χ0v) is 13.1. The predicted octanol–water partition coefficient (Wildman–Crippen LogP) is 2.80. The summed E-state index contributed by atoms with van der Waals surface area (Å²) in [4.78, 5) is 2.25. The topological polar surface area (TPSA) is 24.5 Å². The summed E-state index contributed by atoms with van der Waals surface area (Å²) in [6, 6.07) is 0.592. The molecule has 1 saturated carbocycles. The fourth-order valence-electron chi connectivity index (χ4n) is 3.49. The van der Waals surface area contributed by atoms with Crippen molar-refractivity contribution in [3.8, 4) is 0 Å². The van der Waals surface area contributed by atoms with E-state index in [0.29, 0.717) is 12.1 Å². The molecule has 0 aromatic heterocycles. The van der Waals surface area contributed by atoms with Crippen molar-refractivity contribution in [1.29, 1.82) is 0 Å². The minimum atomic E-state index is 0.275. The van der Waals surface area contributed by atoms with Crippen LogP contribution < -0.4 is 5.32 Å². The number of rotatable bonds is 6. The summed E-state index contributed by atoms with van der Waals surface area (Å²) in [5.74, 6) is 0. The molecule has 3 heteroatoms. The van der Waals surface area contributed by atoms with Gasteiger partial charge in [0.05, 0.1) is 11.7 Å². The van der Waals surface area contributed by atoms with Gasteiger partial charge < -0.3 is 15.0 Å². The van der Waals surface area contributed by atoms with E-state index >= 15 is 0 Å². The Kier molecular flexibility index (Phi) is 5.67. The molecule has 2 fully saturated rings. The molecule has 2 atom stereocenters. The molecule has 1 aliphatic heterocycles.